The Kier molecular flexibility index (Phi) is 7.58. The van der Waals surface area contributed by atoms with Crippen LogP contribution in [0.3, 0.4) is 0 Å². The number of carbonyl (C=O) groups excluding carboxylic acids is 3. The molecule has 3 fully saturated rings. The summed E-state index contributed by atoms with van der Waals surface area (Å²) in [7, 11) is -0.667. The maximum Gasteiger partial charge on any atom is 0.494 e. The number of hydrogen-bond donors (Lipinski definition) is 2. The Hall–Kier alpha value is -2.66. The van der Waals surface area contributed by atoms with Gasteiger partial charge >= 0.3 is 13.2 Å². The zero-order valence-corrected chi connectivity index (χ0v) is 22.2. The number of fused-ring (bicyclic) bond motifs is 2. The number of nitrogens with zero attached hydrogens (tertiary/aromatic N) is 1. The minimum atomic E-state index is -1.14. The van der Waals surface area contributed by atoms with E-state index in [9.17, 15) is 14.4 Å². The van der Waals surface area contributed by atoms with Crippen molar-refractivity contribution in [2.45, 2.75) is 84.0 Å². The molecule has 4 rings (SSSR count). The van der Waals surface area contributed by atoms with Crippen LogP contribution in [0.2, 0.25) is 0 Å². The van der Waals surface area contributed by atoms with Gasteiger partial charge in [-0.05, 0) is 63.0 Å². The van der Waals surface area contributed by atoms with Crippen molar-refractivity contribution in [3.05, 3.63) is 29.6 Å². The zero-order chi connectivity index (χ0) is 27.1. The van der Waals surface area contributed by atoms with Crippen LogP contribution in [-0.4, -0.2) is 66.9 Å². The largest absolute Gasteiger partial charge is 0.494 e. The highest BCUT2D eigenvalue weighted by molar-refractivity contribution is 6.61. The first-order valence-corrected chi connectivity index (χ1v) is 12.9. The van der Waals surface area contributed by atoms with Gasteiger partial charge in [0.15, 0.2) is 0 Å². The number of carbonyl (C=O) groups is 3. The second-order valence-electron chi connectivity index (χ2n) is 12.2. The SMILES string of the molecule is CC1(C)COB(c2ccc(C[C@H](NC(=O)C3C4CCC(C4)N3C(=O)OC(C)(C)C)C(N)=O)c(F)c2)OC1. The highest BCUT2D eigenvalue weighted by Crippen LogP contribution is 2.43. The average molecular weight is 517 g/mol. The summed E-state index contributed by atoms with van der Waals surface area (Å²) in [6.07, 6.45) is 1.64. The Balaban J connectivity index is 1.44. The van der Waals surface area contributed by atoms with Gasteiger partial charge < -0.3 is 25.1 Å². The van der Waals surface area contributed by atoms with Gasteiger partial charge in [0.05, 0.1) is 0 Å². The Morgan fingerprint density at radius 3 is 2.51 bits per heavy atom. The molecule has 2 bridgehead atoms. The first kappa shape index (κ1) is 27.4. The molecule has 3 amide bonds. The van der Waals surface area contributed by atoms with E-state index in [1.54, 1.807) is 32.9 Å². The fourth-order valence-electron chi connectivity index (χ4n) is 5.36. The molecule has 2 aliphatic heterocycles. The van der Waals surface area contributed by atoms with Crippen LogP contribution in [0.1, 0.15) is 59.4 Å². The Morgan fingerprint density at radius 1 is 1.24 bits per heavy atom. The van der Waals surface area contributed by atoms with Crippen LogP contribution in [0.15, 0.2) is 18.2 Å². The molecule has 3 unspecified atom stereocenters. The van der Waals surface area contributed by atoms with E-state index in [0.717, 1.165) is 12.8 Å². The molecule has 202 valence electrons. The molecular formula is C26H37BFN3O6. The summed E-state index contributed by atoms with van der Waals surface area (Å²) in [6.45, 7) is 10.3. The van der Waals surface area contributed by atoms with Gasteiger partial charge in [0.1, 0.15) is 23.5 Å². The summed E-state index contributed by atoms with van der Waals surface area (Å²) in [4.78, 5) is 39.9. The van der Waals surface area contributed by atoms with Crippen LogP contribution in [0.4, 0.5) is 9.18 Å². The van der Waals surface area contributed by atoms with Gasteiger partial charge in [-0.1, -0.05) is 26.0 Å². The van der Waals surface area contributed by atoms with E-state index in [1.165, 1.54) is 11.0 Å². The molecule has 0 radical (unpaired) electrons. The van der Waals surface area contributed by atoms with E-state index < -0.39 is 48.5 Å². The summed E-state index contributed by atoms with van der Waals surface area (Å²) in [5.41, 5.74) is 5.53. The van der Waals surface area contributed by atoms with Crippen molar-refractivity contribution >= 4 is 30.5 Å². The maximum absolute atomic E-state index is 15.0. The second-order valence-corrected chi connectivity index (χ2v) is 12.2. The summed E-state index contributed by atoms with van der Waals surface area (Å²) in [5, 5.41) is 2.67. The van der Waals surface area contributed by atoms with Crippen molar-refractivity contribution in [1.82, 2.24) is 10.2 Å². The number of amides is 3. The van der Waals surface area contributed by atoms with E-state index in [1.807, 2.05) is 13.8 Å². The smallest absolute Gasteiger partial charge is 0.444 e. The van der Waals surface area contributed by atoms with Gasteiger partial charge in [-0.15, -0.1) is 0 Å². The Labute approximate surface area is 217 Å². The number of nitrogens with one attached hydrogen (secondary N) is 1. The molecule has 37 heavy (non-hydrogen) atoms. The summed E-state index contributed by atoms with van der Waals surface area (Å²) in [6, 6.07) is 2.56. The molecule has 2 saturated heterocycles. The number of benzene rings is 1. The monoisotopic (exact) mass is 517 g/mol. The average Bonchev–Trinajstić information content (AvgIpc) is 3.40. The Bertz CT molecular complexity index is 1050. The minimum Gasteiger partial charge on any atom is -0.444 e. The Morgan fingerprint density at radius 2 is 1.92 bits per heavy atom. The van der Waals surface area contributed by atoms with Gasteiger partial charge in [-0.2, -0.15) is 0 Å². The molecule has 1 saturated carbocycles. The zero-order valence-electron chi connectivity index (χ0n) is 22.2. The van der Waals surface area contributed by atoms with Crippen molar-refractivity contribution < 1.29 is 32.8 Å². The molecule has 3 N–H and O–H groups in total. The minimum absolute atomic E-state index is 0.0254. The van der Waals surface area contributed by atoms with Crippen LogP contribution in [-0.2, 0) is 30.1 Å². The van der Waals surface area contributed by atoms with E-state index >= 15 is 4.39 Å². The molecule has 1 aliphatic carbocycles. The lowest BCUT2D eigenvalue weighted by Crippen LogP contribution is -2.57. The molecular weight excluding hydrogens is 480 g/mol. The quantitative estimate of drug-likeness (QED) is 0.557. The topological polar surface area (TPSA) is 120 Å². The maximum atomic E-state index is 15.0. The third-order valence-corrected chi connectivity index (χ3v) is 7.14. The van der Waals surface area contributed by atoms with Crippen LogP contribution < -0.4 is 16.5 Å². The molecule has 1 aromatic rings. The third-order valence-electron chi connectivity index (χ3n) is 7.14. The van der Waals surface area contributed by atoms with Gasteiger partial charge in [0.2, 0.25) is 11.8 Å². The lowest BCUT2D eigenvalue weighted by atomic mass is 9.75. The molecule has 2 heterocycles. The highest BCUT2D eigenvalue weighted by atomic mass is 19.1. The number of hydrogen-bond acceptors (Lipinski definition) is 6. The summed E-state index contributed by atoms with van der Waals surface area (Å²) < 4.78 is 32.0. The van der Waals surface area contributed by atoms with Crippen molar-refractivity contribution in [1.29, 1.82) is 0 Å². The summed E-state index contributed by atoms with van der Waals surface area (Å²) in [5.74, 6) is -1.84. The lowest BCUT2D eigenvalue weighted by Gasteiger charge is -2.36. The molecule has 9 nitrogen and oxygen atoms in total. The molecule has 3 aliphatic rings. The number of halogens is 1. The molecule has 4 atom stereocenters. The number of primary amides is 1. The van der Waals surface area contributed by atoms with Crippen LogP contribution in [0.5, 0.6) is 0 Å². The number of rotatable bonds is 6. The van der Waals surface area contributed by atoms with Crippen LogP contribution in [0, 0.1) is 17.2 Å². The third kappa shape index (κ3) is 6.26. The van der Waals surface area contributed by atoms with Crippen molar-refractivity contribution in [2.24, 2.45) is 17.1 Å². The standard InChI is InChI=1S/C26H37BFN3O6/c1-25(2,3)37-24(34)31-18-9-7-16(10-18)21(31)23(33)30-20(22(29)32)11-15-6-8-17(12-19(15)28)27-35-13-26(4,5)14-36-27/h6,8,12,16,18,20-21H,7,9-11,13-14H2,1-5H3,(H2,29,32)(H,30,33)/t16?,18?,20-,21?/m0/s1. The predicted octanol–water partition coefficient (Wildman–Crippen LogP) is 1.89. The number of ether oxygens (including phenoxy) is 1. The van der Waals surface area contributed by atoms with E-state index in [2.05, 4.69) is 5.32 Å². The predicted molar refractivity (Wildman–Crippen MR) is 135 cm³/mol. The normalized spacial score (nSPS) is 25.6. The molecule has 0 spiro atoms. The van der Waals surface area contributed by atoms with Gasteiger partial charge in [-0.25, -0.2) is 9.18 Å². The van der Waals surface area contributed by atoms with Crippen LogP contribution >= 0.6 is 0 Å². The second kappa shape index (κ2) is 10.2. The molecule has 1 aromatic carbocycles. The van der Waals surface area contributed by atoms with E-state index in [-0.39, 0.29) is 29.4 Å². The first-order valence-electron chi connectivity index (χ1n) is 12.9. The van der Waals surface area contributed by atoms with Crippen molar-refractivity contribution in [2.75, 3.05) is 13.2 Å². The number of likely N-dealkylation sites (tertiary alicyclic amines) is 1. The number of nitrogens with two attached hydrogens (primary N) is 1. The van der Waals surface area contributed by atoms with Gasteiger partial charge in [0.25, 0.3) is 0 Å². The highest BCUT2D eigenvalue weighted by Gasteiger charge is 2.52. The van der Waals surface area contributed by atoms with Crippen LogP contribution in [0.25, 0.3) is 0 Å². The first-order chi connectivity index (χ1) is 17.2. The van der Waals surface area contributed by atoms with E-state index in [4.69, 9.17) is 19.8 Å². The molecule has 0 aromatic heterocycles. The van der Waals surface area contributed by atoms with Gasteiger partial charge in [-0.3, -0.25) is 14.5 Å². The number of piperidine rings is 1. The summed E-state index contributed by atoms with van der Waals surface area (Å²) >= 11 is 0. The fraction of sp³-hybridized carbons (Fsp3) is 0.654. The van der Waals surface area contributed by atoms with Crippen molar-refractivity contribution in [3.63, 3.8) is 0 Å². The van der Waals surface area contributed by atoms with E-state index in [0.29, 0.717) is 25.1 Å². The van der Waals surface area contributed by atoms with Crippen molar-refractivity contribution in [3.8, 4) is 0 Å². The van der Waals surface area contributed by atoms with Gasteiger partial charge in [0, 0.05) is 31.1 Å². The molecule has 11 heteroatoms. The lowest BCUT2D eigenvalue weighted by molar-refractivity contribution is -0.132. The fourth-order valence-corrected chi connectivity index (χ4v) is 5.36.